The molecule has 0 aromatic heterocycles. The normalized spacial score (nSPS) is 11.3. The Labute approximate surface area is 123 Å². The Balaban J connectivity index is 2.82. The number of halogens is 1. The molecule has 0 unspecified atom stereocenters. The van der Waals surface area contributed by atoms with Gasteiger partial charge >= 0.3 is 0 Å². The van der Waals surface area contributed by atoms with Gasteiger partial charge in [0, 0.05) is 17.3 Å². The number of carbonyl (C=O) groups is 1. The Hall–Kier alpha value is -1.31. The summed E-state index contributed by atoms with van der Waals surface area (Å²) < 4.78 is 26.2. The summed E-state index contributed by atoms with van der Waals surface area (Å²) in [5, 5.41) is 2.84. The Morgan fingerprint density at radius 2 is 2.05 bits per heavy atom. The number of nitrogens with two attached hydrogens (primary N) is 1. The molecule has 0 spiro atoms. The predicted molar refractivity (Wildman–Crippen MR) is 79.1 cm³/mol. The van der Waals surface area contributed by atoms with Crippen molar-refractivity contribution in [2.24, 2.45) is 0 Å². The smallest absolute Gasteiger partial charge is 0.241 e. The Morgan fingerprint density at radius 3 is 2.60 bits per heavy atom. The van der Waals surface area contributed by atoms with Gasteiger partial charge < -0.3 is 11.1 Å². The zero-order chi connectivity index (χ0) is 15.3. The monoisotopic (exact) mass is 319 g/mol. The van der Waals surface area contributed by atoms with Crippen molar-refractivity contribution in [1.82, 2.24) is 10.0 Å². The SMILES string of the molecule is CCCNC(=O)CNS(=O)(=O)c1cc(N)c(C)c(Cl)c1. The maximum absolute atomic E-state index is 12.0. The largest absolute Gasteiger partial charge is 0.398 e. The van der Waals surface area contributed by atoms with Crippen LogP contribution < -0.4 is 15.8 Å². The van der Waals surface area contributed by atoms with Crippen LogP contribution in [0.4, 0.5) is 5.69 Å². The van der Waals surface area contributed by atoms with Crippen LogP contribution in [-0.2, 0) is 14.8 Å². The van der Waals surface area contributed by atoms with Crippen LogP contribution in [0, 0.1) is 6.92 Å². The Kier molecular flexibility index (Phi) is 5.79. The minimum absolute atomic E-state index is 0.0612. The second-order valence-corrected chi connectivity index (χ2v) is 6.47. The molecule has 0 saturated carbocycles. The summed E-state index contributed by atoms with van der Waals surface area (Å²) in [6.45, 7) is 3.78. The average molecular weight is 320 g/mol. The molecule has 8 heteroatoms. The van der Waals surface area contributed by atoms with Crippen molar-refractivity contribution >= 4 is 33.2 Å². The number of anilines is 1. The highest BCUT2D eigenvalue weighted by molar-refractivity contribution is 7.89. The lowest BCUT2D eigenvalue weighted by molar-refractivity contribution is -0.119. The Bertz CT molecular complexity index is 579. The van der Waals surface area contributed by atoms with Gasteiger partial charge in [0.2, 0.25) is 15.9 Å². The third kappa shape index (κ3) is 4.36. The molecule has 4 N–H and O–H groups in total. The number of sulfonamides is 1. The number of benzene rings is 1. The molecule has 0 aliphatic heterocycles. The molecule has 112 valence electrons. The third-order valence-corrected chi connectivity index (χ3v) is 4.44. The van der Waals surface area contributed by atoms with E-state index in [4.69, 9.17) is 17.3 Å². The first-order valence-electron chi connectivity index (χ1n) is 6.10. The minimum atomic E-state index is -3.82. The van der Waals surface area contributed by atoms with Gasteiger partial charge in [-0.05, 0) is 31.0 Å². The summed E-state index contributed by atoms with van der Waals surface area (Å²) in [5.74, 6) is -0.387. The zero-order valence-corrected chi connectivity index (χ0v) is 12.9. The van der Waals surface area contributed by atoms with Crippen LogP contribution in [-0.4, -0.2) is 27.4 Å². The number of hydrogen-bond acceptors (Lipinski definition) is 4. The molecule has 20 heavy (non-hydrogen) atoms. The van der Waals surface area contributed by atoms with Gasteiger partial charge in [-0.15, -0.1) is 0 Å². The average Bonchev–Trinajstić information content (AvgIpc) is 2.39. The number of hydrogen-bond donors (Lipinski definition) is 3. The summed E-state index contributed by atoms with van der Waals surface area (Å²) in [7, 11) is -3.82. The van der Waals surface area contributed by atoms with Crippen molar-refractivity contribution in [3.05, 3.63) is 22.7 Å². The van der Waals surface area contributed by atoms with E-state index < -0.39 is 10.0 Å². The van der Waals surface area contributed by atoms with Gasteiger partial charge in [-0.2, -0.15) is 0 Å². The highest BCUT2D eigenvalue weighted by Gasteiger charge is 2.17. The molecule has 0 atom stereocenters. The van der Waals surface area contributed by atoms with Gasteiger partial charge in [-0.3, -0.25) is 4.79 Å². The second-order valence-electron chi connectivity index (χ2n) is 4.29. The second kappa shape index (κ2) is 6.92. The molecule has 0 fully saturated rings. The number of carbonyl (C=O) groups excluding carboxylic acids is 1. The van der Waals surface area contributed by atoms with E-state index in [1.54, 1.807) is 6.92 Å². The number of rotatable bonds is 6. The lowest BCUT2D eigenvalue weighted by Crippen LogP contribution is -2.37. The highest BCUT2D eigenvalue weighted by Crippen LogP contribution is 2.25. The molecule has 0 aliphatic rings. The molecule has 6 nitrogen and oxygen atoms in total. The first-order valence-corrected chi connectivity index (χ1v) is 7.96. The van der Waals surface area contributed by atoms with Crippen LogP contribution >= 0.6 is 11.6 Å². The lowest BCUT2D eigenvalue weighted by atomic mass is 10.2. The van der Waals surface area contributed by atoms with Crippen molar-refractivity contribution in [3.63, 3.8) is 0 Å². The number of amides is 1. The molecule has 0 bridgehead atoms. The van der Waals surface area contributed by atoms with E-state index in [9.17, 15) is 13.2 Å². The summed E-state index contributed by atoms with van der Waals surface area (Å²) in [5.41, 5.74) is 6.59. The molecular weight excluding hydrogens is 302 g/mol. The quantitative estimate of drug-likeness (QED) is 0.682. The first-order chi connectivity index (χ1) is 9.27. The van der Waals surface area contributed by atoms with Gasteiger partial charge in [0.05, 0.1) is 11.4 Å². The van der Waals surface area contributed by atoms with Crippen molar-refractivity contribution in [3.8, 4) is 0 Å². The topological polar surface area (TPSA) is 101 Å². The van der Waals surface area contributed by atoms with E-state index in [1.807, 2.05) is 6.92 Å². The highest BCUT2D eigenvalue weighted by atomic mass is 35.5. The molecule has 1 amide bonds. The molecule has 0 heterocycles. The van der Waals surface area contributed by atoms with Gasteiger partial charge in [0.1, 0.15) is 0 Å². The molecular formula is C12H18ClN3O3S. The number of nitrogens with one attached hydrogen (secondary N) is 2. The first kappa shape index (κ1) is 16.7. The van der Waals surface area contributed by atoms with Crippen LogP contribution in [0.15, 0.2) is 17.0 Å². The van der Waals surface area contributed by atoms with E-state index >= 15 is 0 Å². The fourth-order valence-corrected chi connectivity index (χ4v) is 2.73. The van der Waals surface area contributed by atoms with E-state index in [2.05, 4.69) is 10.0 Å². The molecule has 0 radical (unpaired) electrons. The van der Waals surface area contributed by atoms with Crippen LogP contribution in [0.2, 0.25) is 5.02 Å². The van der Waals surface area contributed by atoms with Crippen molar-refractivity contribution < 1.29 is 13.2 Å². The van der Waals surface area contributed by atoms with Crippen LogP contribution in [0.5, 0.6) is 0 Å². The zero-order valence-electron chi connectivity index (χ0n) is 11.4. The fraction of sp³-hybridized carbons (Fsp3) is 0.417. The molecule has 0 saturated heterocycles. The molecule has 1 rings (SSSR count). The van der Waals surface area contributed by atoms with E-state index in [0.717, 1.165) is 6.42 Å². The minimum Gasteiger partial charge on any atom is -0.398 e. The lowest BCUT2D eigenvalue weighted by Gasteiger charge is -2.10. The molecule has 1 aromatic carbocycles. The van der Waals surface area contributed by atoms with Crippen molar-refractivity contribution in [2.45, 2.75) is 25.2 Å². The van der Waals surface area contributed by atoms with Crippen LogP contribution in [0.25, 0.3) is 0 Å². The van der Waals surface area contributed by atoms with Gasteiger partial charge in [0.15, 0.2) is 0 Å². The maximum atomic E-state index is 12.0. The van der Waals surface area contributed by atoms with Gasteiger partial charge in [0.25, 0.3) is 0 Å². The maximum Gasteiger partial charge on any atom is 0.241 e. The standard InChI is InChI=1S/C12H18ClN3O3S/c1-3-4-15-12(17)7-16-20(18,19)9-5-10(13)8(2)11(14)6-9/h5-6,16H,3-4,7,14H2,1-2H3,(H,15,17). The summed E-state index contributed by atoms with van der Waals surface area (Å²) >= 11 is 5.90. The van der Waals surface area contributed by atoms with Gasteiger partial charge in [-0.25, -0.2) is 13.1 Å². The number of nitrogen functional groups attached to an aromatic ring is 1. The van der Waals surface area contributed by atoms with E-state index in [0.29, 0.717) is 12.1 Å². The van der Waals surface area contributed by atoms with Crippen LogP contribution in [0.1, 0.15) is 18.9 Å². The molecule has 0 aliphatic carbocycles. The van der Waals surface area contributed by atoms with Crippen molar-refractivity contribution in [1.29, 1.82) is 0 Å². The van der Waals surface area contributed by atoms with E-state index in [1.165, 1.54) is 12.1 Å². The van der Waals surface area contributed by atoms with Crippen molar-refractivity contribution in [2.75, 3.05) is 18.8 Å². The fourth-order valence-electron chi connectivity index (χ4n) is 1.40. The van der Waals surface area contributed by atoms with Gasteiger partial charge in [-0.1, -0.05) is 18.5 Å². The van der Waals surface area contributed by atoms with E-state index in [-0.39, 0.29) is 28.1 Å². The Morgan fingerprint density at radius 1 is 1.40 bits per heavy atom. The third-order valence-electron chi connectivity index (χ3n) is 2.66. The summed E-state index contributed by atoms with van der Waals surface area (Å²) in [6, 6.07) is 2.62. The summed E-state index contributed by atoms with van der Waals surface area (Å²) in [4.78, 5) is 11.3. The molecule has 1 aromatic rings. The summed E-state index contributed by atoms with van der Waals surface area (Å²) in [6.07, 6.45) is 0.780. The predicted octanol–water partition coefficient (Wildman–Crippen LogP) is 1.04. The van der Waals surface area contributed by atoms with Crippen LogP contribution in [0.3, 0.4) is 0 Å².